The number of nitrogens with two attached hydrogens (primary N) is 1. The Morgan fingerprint density at radius 3 is 2.39 bits per heavy atom. The van der Waals surface area contributed by atoms with Crippen LogP contribution in [0.15, 0.2) is 0 Å². The van der Waals surface area contributed by atoms with E-state index in [1.165, 1.54) is 32.1 Å². The summed E-state index contributed by atoms with van der Waals surface area (Å²) in [6, 6.07) is -0.111. The first kappa shape index (κ1) is 14.3. The van der Waals surface area contributed by atoms with Gasteiger partial charge in [0.25, 0.3) is 0 Å². The number of aliphatic hydroxyl groups is 1. The molecule has 1 heterocycles. The Bertz CT molecular complexity index is 251. The van der Waals surface area contributed by atoms with Crippen LogP contribution < -0.4 is 5.73 Å². The summed E-state index contributed by atoms with van der Waals surface area (Å²) in [6.45, 7) is 5.18. The Morgan fingerprint density at radius 2 is 1.89 bits per heavy atom. The molecule has 0 aromatic rings. The van der Waals surface area contributed by atoms with E-state index in [0.717, 1.165) is 18.9 Å². The maximum atomic E-state index is 10.3. The van der Waals surface area contributed by atoms with E-state index in [-0.39, 0.29) is 12.1 Å². The average molecular weight is 255 g/mol. The Kier molecular flexibility index (Phi) is 5.05. The number of ether oxygens (including phenoxy) is 1. The van der Waals surface area contributed by atoms with Crippen molar-refractivity contribution in [2.24, 2.45) is 23.5 Å². The van der Waals surface area contributed by atoms with Crippen molar-refractivity contribution in [2.45, 2.75) is 70.6 Å². The molecule has 0 aromatic carbocycles. The predicted molar refractivity (Wildman–Crippen MR) is 73.2 cm³/mol. The molecule has 1 saturated heterocycles. The van der Waals surface area contributed by atoms with Gasteiger partial charge in [-0.15, -0.1) is 0 Å². The van der Waals surface area contributed by atoms with Crippen LogP contribution in [-0.4, -0.2) is 30.0 Å². The van der Waals surface area contributed by atoms with Gasteiger partial charge in [-0.25, -0.2) is 0 Å². The molecule has 2 fully saturated rings. The molecule has 4 atom stereocenters. The van der Waals surface area contributed by atoms with E-state index in [4.69, 9.17) is 10.5 Å². The van der Waals surface area contributed by atoms with Gasteiger partial charge in [0.05, 0.1) is 18.8 Å². The zero-order chi connectivity index (χ0) is 13.1. The molecule has 1 saturated carbocycles. The summed E-state index contributed by atoms with van der Waals surface area (Å²) in [7, 11) is 0. The van der Waals surface area contributed by atoms with E-state index in [1.807, 2.05) is 0 Å². The summed E-state index contributed by atoms with van der Waals surface area (Å²) in [5.74, 6) is 1.78. The minimum atomic E-state index is -0.479. The summed E-state index contributed by atoms with van der Waals surface area (Å²) in [5, 5.41) is 10.3. The number of aliphatic hydroxyl groups excluding tert-OH is 1. The number of rotatable bonds is 5. The second kappa shape index (κ2) is 6.36. The maximum Gasteiger partial charge on any atom is 0.0956 e. The van der Waals surface area contributed by atoms with Gasteiger partial charge in [-0.1, -0.05) is 46.0 Å². The van der Waals surface area contributed by atoms with E-state index >= 15 is 0 Å². The molecule has 1 aliphatic carbocycles. The molecule has 3 nitrogen and oxygen atoms in total. The van der Waals surface area contributed by atoms with Gasteiger partial charge in [-0.05, 0) is 18.3 Å². The highest BCUT2D eigenvalue weighted by Crippen LogP contribution is 2.33. The Hall–Kier alpha value is -0.120. The van der Waals surface area contributed by atoms with Crippen molar-refractivity contribution in [3.8, 4) is 0 Å². The van der Waals surface area contributed by atoms with Gasteiger partial charge in [0.2, 0.25) is 0 Å². The molecule has 1 aliphatic heterocycles. The smallest absolute Gasteiger partial charge is 0.0956 e. The van der Waals surface area contributed by atoms with Crippen LogP contribution in [0, 0.1) is 17.8 Å². The monoisotopic (exact) mass is 255 g/mol. The molecule has 0 unspecified atom stereocenters. The minimum Gasteiger partial charge on any atom is -0.389 e. The summed E-state index contributed by atoms with van der Waals surface area (Å²) >= 11 is 0. The summed E-state index contributed by atoms with van der Waals surface area (Å²) in [5.41, 5.74) is 6.19. The van der Waals surface area contributed by atoms with E-state index in [9.17, 15) is 5.11 Å². The van der Waals surface area contributed by atoms with Crippen molar-refractivity contribution < 1.29 is 9.84 Å². The minimum absolute atomic E-state index is 0.0245. The number of hydrogen-bond acceptors (Lipinski definition) is 3. The van der Waals surface area contributed by atoms with Gasteiger partial charge in [0, 0.05) is 12.0 Å². The summed E-state index contributed by atoms with van der Waals surface area (Å²) < 4.78 is 5.55. The van der Waals surface area contributed by atoms with Crippen molar-refractivity contribution in [3.63, 3.8) is 0 Å². The molecule has 0 aromatic heterocycles. The SMILES string of the molecule is CC(C)[C@@H]1CO[C@@H]1[C@H](O)[C@@H](N)CC1CCCCC1. The molecule has 3 heteroatoms. The fraction of sp³-hybridized carbons (Fsp3) is 1.00. The molecule has 0 spiro atoms. The van der Waals surface area contributed by atoms with Crippen molar-refractivity contribution >= 4 is 0 Å². The van der Waals surface area contributed by atoms with E-state index < -0.39 is 6.10 Å². The standard InChI is InChI=1S/C15H29NO2/c1-10(2)12-9-18-15(12)14(17)13(16)8-11-6-4-3-5-7-11/h10-15,17H,3-9,16H2,1-2H3/t12-,13-,14+,15-/m0/s1. The lowest BCUT2D eigenvalue weighted by Crippen LogP contribution is -2.56. The third kappa shape index (κ3) is 3.25. The van der Waals surface area contributed by atoms with Crippen molar-refractivity contribution in [1.29, 1.82) is 0 Å². The van der Waals surface area contributed by atoms with Crippen LogP contribution >= 0.6 is 0 Å². The predicted octanol–water partition coefficient (Wildman–Crippen LogP) is 2.32. The first-order chi connectivity index (χ1) is 8.59. The largest absolute Gasteiger partial charge is 0.389 e. The lowest BCUT2D eigenvalue weighted by Gasteiger charge is -2.44. The zero-order valence-electron chi connectivity index (χ0n) is 11.8. The van der Waals surface area contributed by atoms with Crippen LogP contribution in [0.1, 0.15) is 52.4 Å². The second-order valence-corrected chi connectivity index (χ2v) is 6.60. The Balaban J connectivity index is 1.79. The molecule has 0 amide bonds. The molecule has 0 bridgehead atoms. The van der Waals surface area contributed by atoms with Gasteiger partial charge >= 0.3 is 0 Å². The Morgan fingerprint density at radius 1 is 1.22 bits per heavy atom. The van der Waals surface area contributed by atoms with Crippen LogP contribution in [-0.2, 0) is 4.74 Å². The van der Waals surface area contributed by atoms with Gasteiger partial charge in [0.15, 0.2) is 0 Å². The van der Waals surface area contributed by atoms with Crippen LogP contribution in [0.4, 0.5) is 0 Å². The normalized spacial score (nSPS) is 33.2. The van der Waals surface area contributed by atoms with E-state index in [0.29, 0.717) is 11.8 Å². The zero-order valence-corrected chi connectivity index (χ0v) is 11.8. The summed E-state index contributed by atoms with van der Waals surface area (Å²) in [6.07, 6.45) is 7.08. The van der Waals surface area contributed by atoms with E-state index in [1.54, 1.807) is 0 Å². The van der Waals surface area contributed by atoms with Gasteiger partial charge in [-0.3, -0.25) is 0 Å². The lowest BCUT2D eigenvalue weighted by atomic mass is 9.78. The first-order valence-corrected chi connectivity index (χ1v) is 7.65. The van der Waals surface area contributed by atoms with E-state index in [2.05, 4.69) is 13.8 Å². The molecule has 2 aliphatic rings. The molecule has 3 N–H and O–H groups in total. The first-order valence-electron chi connectivity index (χ1n) is 7.65. The van der Waals surface area contributed by atoms with Crippen LogP contribution in [0.2, 0.25) is 0 Å². The lowest BCUT2D eigenvalue weighted by molar-refractivity contribution is -0.186. The van der Waals surface area contributed by atoms with Gasteiger partial charge in [0.1, 0.15) is 0 Å². The second-order valence-electron chi connectivity index (χ2n) is 6.60. The van der Waals surface area contributed by atoms with Gasteiger partial charge < -0.3 is 15.6 Å². The number of hydrogen-bond donors (Lipinski definition) is 2. The van der Waals surface area contributed by atoms with Crippen molar-refractivity contribution in [3.05, 3.63) is 0 Å². The van der Waals surface area contributed by atoms with Crippen LogP contribution in [0.25, 0.3) is 0 Å². The average Bonchev–Trinajstić information content (AvgIpc) is 2.27. The van der Waals surface area contributed by atoms with Crippen LogP contribution in [0.5, 0.6) is 0 Å². The fourth-order valence-electron chi connectivity index (χ4n) is 3.43. The topological polar surface area (TPSA) is 55.5 Å². The molecule has 0 radical (unpaired) electrons. The third-order valence-electron chi connectivity index (χ3n) is 4.86. The molecular formula is C15H29NO2. The highest BCUT2D eigenvalue weighted by atomic mass is 16.5. The quantitative estimate of drug-likeness (QED) is 0.792. The highest BCUT2D eigenvalue weighted by molar-refractivity contribution is 4.92. The molecule has 18 heavy (non-hydrogen) atoms. The van der Waals surface area contributed by atoms with Gasteiger partial charge in [-0.2, -0.15) is 0 Å². The molecular weight excluding hydrogens is 226 g/mol. The van der Waals surface area contributed by atoms with Crippen LogP contribution in [0.3, 0.4) is 0 Å². The van der Waals surface area contributed by atoms with Crippen molar-refractivity contribution in [2.75, 3.05) is 6.61 Å². The molecule has 2 rings (SSSR count). The Labute approximate surface area is 111 Å². The maximum absolute atomic E-state index is 10.3. The third-order valence-corrected chi connectivity index (χ3v) is 4.86. The molecule has 106 valence electrons. The fourth-order valence-corrected chi connectivity index (χ4v) is 3.43. The van der Waals surface area contributed by atoms with Crippen molar-refractivity contribution in [1.82, 2.24) is 0 Å². The summed E-state index contributed by atoms with van der Waals surface area (Å²) in [4.78, 5) is 0. The highest BCUT2D eigenvalue weighted by Gasteiger charge is 2.41.